The Hall–Kier alpha value is -1.77. The minimum absolute atomic E-state index is 0.155. The van der Waals surface area contributed by atoms with Crippen LogP contribution >= 0.6 is 0 Å². The maximum atomic E-state index is 11.6. The number of aliphatic hydroxyl groups is 2. The highest BCUT2D eigenvalue weighted by atomic mass is 16.5. The van der Waals surface area contributed by atoms with Crippen LogP contribution in [0.2, 0.25) is 0 Å². The number of aliphatic hydroxyl groups excluding tert-OH is 2. The molecule has 0 amide bonds. The van der Waals surface area contributed by atoms with E-state index in [9.17, 15) is 9.90 Å². The highest BCUT2D eigenvalue weighted by Gasteiger charge is 2.31. The third-order valence-electron chi connectivity index (χ3n) is 3.38. The first-order chi connectivity index (χ1) is 9.20. The zero-order valence-corrected chi connectivity index (χ0v) is 10.1. The van der Waals surface area contributed by atoms with E-state index in [4.69, 9.17) is 9.84 Å². The Labute approximate surface area is 107 Å². The number of hydrogen-bond acceptors (Lipinski definition) is 6. The largest absolute Gasteiger partial charge is 0.394 e. The third kappa shape index (κ3) is 2.03. The molecule has 0 radical (unpaired) electrons. The molecule has 1 fully saturated rings. The summed E-state index contributed by atoms with van der Waals surface area (Å²) in [5.74, 6) is 0. The molecule has 0 bridgehead atoms. The fourth-order valence-electron chi connectivity index (χ4n) is 2.34. The van der Waals surface area contributed by atoms with Crippen LogP contribution < -0.4 is 5.56 Å². The van der Waals surface area contributed by atoms with Crippen molar-refractivity contribution in [3.05, 3.63) is 23.0 Å². The lowest BCUT2D eigenvalue weighted by Crippen LogP contribution is -2.41. The lowest BCUT2D eigenvalue weighted by Gasteiger charge is -2.32. The summed E-state index contributed by atoms with van der Waals surface area (Å²) in [5, 5.41) is 18.9. The highest BCUT2D eigenvalue weighted by molar-refractivity contribution is 5.68. The second-order valence-electron chi connectivity index (χ2n) is 4.57. The topological polar surface area (TPSA) is 113 Å². The Bertz CT molecular complexity index is 637. The van der Waals surface area contributed by atoms with Crippen LogP contribution in [0.1, 0.15) is 12.5 Å². The van der Waals surface area contributed by atoms with Crippen LogP contribution in [0.5, 0.6) is 0 Å². The average molecular weight is 266 g/mol. The smallest absolute Gasteiger partial charge is 0.278 e. The summed E-state index contributed by atoms with van der Waals surface area (Å²) in [4.78, 5) is 22.1. The van der Waals surface area contributed by atoms with Gasteiger partial charge in [-0.05, 0) is 6.42 Å². The monoisotopic (exact) mass is 266 g/mol. The van der Waals surface area contributed by atoms with Gasteiger partial charge in [0.25, 0.3) is 5.56 Å². The van der Waals surface area contributed by atoms with Gasteiger partial charge >= 0.3 is 0 Å². The molecule has 8 heteroatoms. The molecule has 8 nitrogen and oxygen atoms in total. The van der Waals surface area contributed by atoms with E-state index < -0.39 is 12.2 Å². The normalized spacial score (nSPS) is 27.8. The van der Waals surface area contributed by atoms with Crippen molar-refractivity contribution < 1.29 is 14.9 Å². The number of fused-ring (bicyclic) bond motifs is 1. The molecular weight excluding hydrogens is 252 g/mol. The van der Waals surface area contributed by atoms with Gasteiger partial charge in [0.15, 0.2) is 11.2 Å². The van der Waals surface area contributed by atoms with Gasteiger partial charge in [0, 0.05) is 0 Å². The van der Waals surface area contributed by atoms with Gasteiger partial charge < -0.3 is 24.5 Å². The predicted octanol–water partition coefficient (Wildman–Crippen LogP) is -1.20. The van der Waals surface area contributed by atoms with Crippen molar-refractivity contribution in [2.24, 2.45) is 0 Å². The highest BCUT2D eigenvalue weighted by Crippen LogP contribution is 2.25. The lowest BCUT2D eigenvalue weighted by molar-refractivity contribution is -0.112. The van der Waals surface area contributed by atoms with Crippen molar-refractivity contribution in [1.82, 2.24) is 19.5 Å². The molecule has 0 aromatic carbocycles. The van der Waals surface area contributed by atoms with Crippen LogP contribution in [-0.4, -0.2) is 55.2 Å². The standard InChI is InChI=1S/C11H14N4O4/c16-2-8-7(17)1-6(3-19-8)15-5-14-9-10(15)12-4-13-11(9)18/h4-8,16-17H,1-3H2,(H,12,13,18)/t6-,7-,8+/m0/s1. The summed E-state index contributed by atoms with van der Waals surface area (Å²) in [6, 6.07) is -0.155. The Morgan fingerprint density at radius 1 is 1.53 bits per heavy atom. The molecule has 1 aliphatic heterocycles. The quantitative estimate of drug-likeness (QED) is 0.629. The lowest BCUT2D eigenvalue weighted by atomic mass is 10.0. The molecule has 0 aliphatic carbocycles. The summed E-state index contributed by atoms with van der Waals surface area (Å²) >= 11 is 0. The number of hydrogen-bond donors (Lipinski definition) is 3. The van der Waals surface area contributed by atoms with Gasteiger partial charge in [-0.2, -0.15) is 0 Å². The van der Waals surface area contributed by atoms with E-state index in [0.29, 0.717) is 18.7 Å². The van der Waals surface area contributed by atoms with Gasteiger partial charge in [-0.3, -0.25) is 4.79 Å². The fraction of sp³-hybridized carbons (Fsp3) is 0.545. The summed E-state index contributed by atoms with van der Waals surface area (Å²) < 4.78 is 7.12. The molecule has 3 atom stereocenters. The zero-order valence-electron chi connectivity index (χ0n) is 10.1. The summed E-state index contributed by atoms with van der Waals surface area (Å²) in [6.45, 7) is 0.124. The van der Waals surface area contributed by atoms with Crippen LogP contribution in [0.25, 0.3) is 11.2 Å². The molecule has 2 aromatic heterocycles. The summed E-state index contributed by atoms with van der Waals surface area (Å²) in [7, 11) is 0. The molecule has 3 heterocycles. The summed E-state index contributed by atoms with van der Waals surface area (Å²) in [6.07, 6.45) is 1.96. The number of rotatable bonds is 2. The number of aromatic amines is 1. The van der Waals surface area contributed by atoms with Crippen LogP contribution in [0.4, 0.5) is 0 Å². The van der Waals surface area contributed by atoms with Crippen molar-refractivity contribution in [1.29, 1.82) is 0 Å². The molecule has 0 saturated carbocycles. The number of nitrogens with zero attached hydrogens (tertiary/aromatic N) is 3. The molecule has 19 heavy (non-hydrogen) atoms. The van der Waals surface area contributed by atoms with E-state index in [0.717, 1.165) is 0 Å². The van der Waals surface area contributed by atoms with Gasteiger partial charge in [0.2, 0.25) is 0 Å². The number of nitrogens with one attached hydrogen (secondary N) is 1. The van der Waals surface area contributed by atoms with E-state index in [1.54, 1.807) is 4.57 Å². The SMILES string of the molecule is O=c1[nH]cnc2c1ncn2[C@@H]1CO[C@H](CO)[C@@H](O)C1. The van der Waals surface area contributed by atoms with Crippen molar-refractivity contribution >= 4 is 11.2 Å². The van der Waals surface area contributed by atoms with E-state index in [1.165, 1.54) is 12.7 Å². The van der Waals surface area contributed by atoms with E-state index in [-0.39, 0.29) is 23.7 Å². The van der Waals surface area contributed by atoms with Crippen LogP contribution in [0, 0.1) is 0 Å². The molecular formula is C11H14N4O4. The van der Waals surface area contributed by atoms with Gasteiger partial charge in [-0.25, -0.2) is 9.97 Å². The second kappa shape index (κ2) is 4.72. The first-order valence-corrected chi connectivity index (χ1v) is 6.01. The molecule has 1 saturated heterocycles. The molecule has 0 unspecified atom stereocenters. The van der Waals surface area contributed by atoms with Crippen molar-refractivity contribution in [3.63, 3.8) is 0 Å². The van der Waals surface area contributed by atoms with Gasteiger partial charge in [0.1, 0.15) is 6.10 Å². The van der Waals surface area contributed by atoms with Crippen molar-refractivity contribution in [2.75, 3.05) is 13.2 Å². The van der Waals surface area contributed by atoms with Gasteiger partial charge in [-0.1, -0.05) is 0 Å². The number of ether oxygens (including phenoxy) is 1. The van der Waals surface area contributed by atoms with E-state index in [2.05, 4.69) is 15.0 Å². The first-order valence-electron chi connectivity index (χ1n) is 6.01. The van der Waals surface area contributed by atoms with Crippen molar-refractivity contribution in [2.45, 2.75) is 24.7 Å². The fourth-order valence-corrected chi connectivity index (χ4v) is 2.34. The van der Waals surface area contributed by atoms with Crippen LogP contribution in [0.3, 0.4) is 0 Å². The number of H-pyrrole nitrogens is 1. The maximum Gasteiger partial charge on any atom is 0.278 e. The van der Waals surface area contributed by atoms with Crippen LogP contribution in [0.15, 0.2) is 17.4 Å². The van der Waals surface area contributed by atoms with Gasteiger partial charge in [-0.15, -0.1) is 0 Å². The Balaban J connectivity index is 1.93. The third-order valence-corrected chi connectivity index (χ3v) is 3.38. The number of imidazole rings is 1. The minimum atomic E-state index is -0.747. The molecule has 3 N–H and O–H groups in total. The molecule has 3 rings (SSSR count). The first kappa shape index (κ1) is 12.3. The Morgan fingerprint density at radius 2 is 2.37 bits per heavy atom. The Kier molecular flexibility index (Phi) is 3.05. The molecule has 102 valence electrons. The zero-order chi connectivity index (χ0) is 13.4. The van der Waals surface area contributed by atoms with Crippen LogP contribution in [-0.2, 0) is 4.74 Å². The number of aromatic nitrogens is 4. The maximum absolute atomic E-state index is 11.6. The molecule has 0 spiro atoms. The van der Waals surface area contributed by atoms with E-state index in [1.807, 2.05) is 0 Å². The minimum Gasteiger partial charge on any atom is -0.394 e. The predicted molar refractivity (Wildman–Crippen MR) is 64.6 cm³/mol. The second-order valence-corrected chi connectivity index (χ2v) is 4.57. The van der Waals surface area contributed by atoms with Crippen molar-refractivity contribution in [3.8, 4) is 0 Å². The van der Waals surface area contributed by atoms with E-state index >= 15 is 0 Å². The Morgan fingerprint density at radius 3 is 3.11 bits per heavy atom. The summed E-state index contributed by atoms with van der Waals surface area (Å²) in [5.41, 5.74) is 0.433. The molecule has 2 aromatic rings. The average Bonchev–Trinajstić information content (AvgIpc) is 2.84. The van der Waals surface area contributed by atoms with Gasteiger partial charge in [0.05, 0.1) is 38.0 Å². The molecule has 1 aliphatic rings.